The lowest BCUT2D eigenvalue weighted by Crippen LogP contribution is -2.28. The van der Waals surface area contributed by atoms with Crippen LogP contribution in [0.4, 0.5) is 5.69 Å². The maximum Gasteiger partial charge on any atom is 0.335 e. The third kappa shape index (κ3) is 2.09. The Hall–Kier alpha value is -1.85. The molecule has 0 atom stereocenters. The molecule has 3 rings (SSSR count). The Morgan fingerprint density at radius 1 is 1.30 bits per heavy atom. The van der Waals surface area contributed by atoms with E-state index in [1.54, 1.807) is 34.5 Å². The van der Waals surface area contributed by atoms with Crippen molar-refractivity contribution in [1.82, 2.24) is 0 Å². The van der Waals surface area contributed by atoms with Crippen LogP contribution < -0.4 is 4.90 Å². The molecular formula is C14H10ClNO3S. The van der Waals surface area contributed by atoms with Crippen LogP contribution in [0.25, 0.3) is 0 Å². The molecular weight excluding hydrogens is 298 g/mol. The Balaban J connectivity index is 2.00. The van der Waals surface area contributed by atoms with Crippen molar-refractivity contribution in [2.75, 3.05) is 11.4 Å². The third-order valence-electron chi connectivity index (χ3n) is 3.28. The van der Waals surface area contributed by atoms with Crippen molar-refractivity contribution in [2.45, 2.75) is 6.42 Å². The number of aromatic carboxylic acids is 1. The van der Waals surface area contributed by atoms with E-state index >= 15 is 0 Å². The van der Waals surface area contributed by atoms with Gasteiger partial charge in [-0.1, -0.05) is 17.7 Å². The van der Waals surface area contributed by atoms with E-state index in [4.69, 9.17) is 16.7 Å². The van der Waals surface area contributed by atoms with Crippen LogP contribution in [0.1, 0.15) is 25.6 Å². The van der Waals surface area contributed by atoms with Crippen LogP contribution in [0.3, 0.4) is 0 Å². The second kappa shape index (κ2) is 4.92. The fraction of sp³-hybridized carbons (Fsp3) is 0.143. The first-order valence-electron chi connectivity index (χ1n) is 5.99. The molecule has 1 aliphatic heterocycles. The molecule has 0 unspecified atom stereocenters. The van der Waals surface area contributed by atoms with E-state index in [1.165, 1.54) is 11.3 Å². The molecule has 4 nitrogen and oxygen atoms in total. The van der Waals surface area contributed by atoms with Gasteiger partial charge in [-0.05, 0) is 35.6 Å². The number of hydrogen-bond acceptors (Lipinski definition) is 3. The molecule has 0 saturated carbocycles. The van der Waals surface area contributed by atoms with Gasteiger partial charge < -0.3 is 10.0 Å². The lowest BCUT2D eigenvalue weighted by atomic mass is 10.1. The van der Waals surface area contributed by atoms with Crippen molar-refractivity contribution in [3.05, 3.63) is 50.7 Å². The van der Waals surface area contributed by atoms with Crippen molar-refractivity contribution in [3.8, 4) is 0 Å². The number of hydrogen-bond donors (Lipinski definition) is 1. The number of carboxylic acid groups (broad SMARTS) is 1. The lowest BCUT2D eigenvalue weighted by molar-refractivity contribution is 0.0696. The number of rotatable bonds is 2. The standard InChI is InChI=1S/C14H10ClNO3S/c15-10-4-6-20-12(10)13(17)16-5-3-8-1-2-9(14(18)19)7-11(8)16/h1-2,4,6-7H,3,5H2,(H,18,19). The summed E-state index contributed by atoms with van der Waals surface area (Å²) in [6.45, 7) is 0.547. The molecule has 2 heterocycles. The maximum atomic E-state index is 12.5. The molecule has 1 aromatic heterocycles. The van der Waals surface area contributed by atoms with Gasteiger partial charge in [-0.3, -0.25) is 4.79 Å². The zero-order valence-corrected chi connectivity index (χ0v) is 11.9. The van der Waals surface area contributed by atoms with Crippen LogP contribution in [0, 0.1) is 0 Å². The van der Waals surface area contributed by atoms with Crippen LogP contribution in [0.5, 0.6) is 0 Å². The summed E-state index contributed by atoms with van der Waals surface area (Å²) in [6.07, 6.45) is 0.726. The summed E-state index contributed by atoms with van der Waals surface area (Å²) in [6, 6.07) is 6.56. The molecule has 6 heteroatoms. The molecule has 0 radical (unpaired) electrons. The predicted molar refractivity (Wildman–Crippen MR) is 78.1 cm³/mol. The van der Waals surface area contributed by atoms with Gasteiger partial charge >= 0.3 is 5.97 Å². The molecule has 1 N–H and O–H groups in total. The number of thiophene rings is 1. The van der Waals surface area contributed by atoms with Crippen molar-refractivity contribution in [1.29, 1.82) is 0 Å². The van der Waals surface area contributed by atoms with Gasteiger partial charge in [-0.15, -0.1) is 11.3 Å². The molecule has 0 aliphatic carbocycles. The van der Waals surface area contributed by atoms with Gasteiger partial charge in [0.2, 0.25) is 0 Å². The van der Waals surface area contributed by atoms with Crippen molar-refractivity contribution >= 4 is 40.5 Å². The highest BCUT2D eigenvalue weighted by Gasteiger charge is 2.28. The van der Waals surface area contributed by atoms with Crippen molar-refractivity contribution < 1.29 is 14.7 Å². The molecule has 0 saturated heterocycles. The number of carboxylic acids is 1. The van der Waals surface area contributed by atoms with E-state index in [1.807, 2.05) is 0 Å². The van der Waals surface area contributed by atoms with Crippen LogP contribution >= 0.6 is 22.9 Å². The zero-order chi connectivity index (χ0) is 14.3. The summed E-state index contributed by atoms with van der Waals surface area (Å²) >= 11 is 7.28. The van der Waals surface area contributed by atoms with Gasteiger partial charge in [-0.25, -0.2) is 4.79 Å². The number of amides is 1. The van der Waals surface area contributed by atoms with Gasteiger partial charge in [0.1, 0.15) is 4.88 Å². The lowest BCUT2D eigenvalue weighted by Gasteiger charge is -2.17. The Labute approximate surface area is 124 Å². The molecule has 20 heavy (non-hydrogen) atoms. The minimum Gasteiger partial charge on any atom is -0.478 e. The highest BCUT2D eigenvalue weighted by molar-refractivity contribution is 7.12. The number of fused-ring (bicyclic) bond motifs is 1. The second-order valence-corrected chi connectivity index (χ2v) is 5.78. The predicted octanol–water partition coefficient (Wildman–Crippen LogP) is 3.30. The fourth-order valence-electron chi connectivity index (χ4n) is 2.29. The monoisotopic (exact) mass is 307 g/mol. The van der Waals surface area contributed by atoms with E-state index in [9.17, 15) is 9.59 Å². The smallest absolute Gasteiger partial charge is 0.335 e. The minimum absolute atomic E-state index is 0.175. The molecule has 0 bridgehead atoms. The Kier molecular flexibility index (Phi) is 3.23. The Morgan fingerprint density at radius 2 is 2.10 bits per heavy atom. The fourth-order valence-corrected chi connectivity index (χ4v) is 3.38. The highest BCUT2D eigenvalue weighted by atomic mass is 35.5. The minimum atomic E-state index is -0.999. The summed E-state index contributed by atoms with van der Waals surface area (Å²) in [5, 5.41) is 11.2. The highest BCUT2D eigenvalue weighted by Crippen LogP contribution is 2.33. The number of anilines is 1. The van der Waals surface area contributed by atoms with Crippen molar-refractivity contribution in [3.63, 3.8) is 0 Å². The van der Waals surface area contributed by atoms with Gasteiger partial charge in [0.05, 0.1) is 10.6 Å². The molecule has 0 fully saturated rings. The first-order valence-corrected chi connectivity index (χ1v) is 7.25. The normalized spacial score (nSPS) is 13.3. The third-order valence-corrected chi connectivity index (χ3v) is 4.61. The Morgan fingerprint density at radius 3 is 2.75 bits per heavy atom. The van der Waals surface area contributed by atoms with Crippen molar-refractivity contribution in [2.24, 2.45) is 0 Å². The average Bonchev–Trinajstić information content (AvgIpc) is 3.03. The quantitative estimate of drug-likeness (QED) is 0.926. The van der Waals surface area contributed by atoms with Gasteiger partial charge in [0.15, 0.2) is 0 Å². The summed E-state index contributed by atoms with van der Waals surface area (Å²) in [7, 11) is 0. The number of carbonyl (C=O) groups excluding carboxylic acids is 1. The molecule has 1 amide bonds. The average molecular weight is 308 g/mol. The van der Waals surface area contributed by atoms with E-state index in [0.29, 0.717) is 22.1 Å². The van der Waals surface area contributed by atoms with Crippen LogP contribution in [0.15, 0.2) is 29.6 Å². The van der Waals surface area contributed by atoms with E-state index in [0.717, 1.165) is 12.0 Å². The summed E-state index contributed by atoms with van der Waals surface area (Å²) in [5.41, 5.74) is 1.83. The van der Waals surface area contributed by atoms with E-state index in [2.05, 4.69) is 0 Å². The van der Waals surface area contributed by atoms with Gasteiger partial charge in [0, 0.05) is 12.2 Å². The molecule has 102 valence electrons. The largest absolute Gasteiger partial charge is 0.478 e. The topological polar surface area (TPSA) is 57.6 Å². The summed E-state index contributed by atoms with van der Waals surface area (Å²) in [5.74, 6) is -1.17. The molecule has 1 aliphatic rings. The SMILES string of the molecule is O=C(O)c1ccc2c(c1)N(C(=O)c1sccc1Cl)CC2. The van der Waals surface area contributed by atoms with Gasteiger partial charge in [-0.2, -0.15) is 0 Å². The number of nitrogens with zero attached hydrogens (tertiary/aromatic N) is 1. The van der Waals surface area contributed by atoms with Crippen LogP contribution in [0.2, 0.25) is 5.02 Å². The second-order valence-electron chi connectivity index (χ2n) is 4.45. The van der Waals surface area contributed by atoms with Crippen LogP contribution in [-0.4, -0.2) is 23.5 Å². The maximum absolute atomic E-state index is 12.5. The molecule has 2 aromatic rings. The molecule has 0 spiro atoms. The number of halogens is 1. The van der Waals surface area contributed by atoms with E-state index < -0.39 is 5.97 Å². The first kappa shape index (κ1) is 13.1. The van der Waals surface area contributed by atoms with Crippen LogP contribution in [-0.2, 0) is 6.42 Å². The van der Waals surface area contributed by atoms with Gasteiger partial charge in [0.25, 0.3) is 5.91 Å². The first-order chi connectivity index (χ1) is 9.58. The number of carbonyl (C=O) groups is 2. The Bertz CT molecular complexity index is 710. The number of benzene rings is 1. The summed E-state index contributed by atoms with van der Waals surface area (Å²) < 4.78 is 0. The molecule has 1 aromatic carbocycles. The van der Waals surface area contributed by atoms with E-state index in [-0.39, 0.29) is 11.5 Å². The summed E-state index contributed by atoms with van der Waals surface area (Å²) in [4.78, 5) is 25.6. The zero-order valence-electron chi connectivity index (χ0n) is 10.3.